The minimum atomic E-state index is -1.31. The average molecular weight is 567 g/mol. The number of hydrogen-bond donors (Lipinski definition) is 0. The van der Waals surface area contributed by atoms with Crippen molar-refractivity contribution >= 4 is 23.9 Å². The Bertz CT molecular complexity index is 1050. The molecule has 1 aliphatic heterocycles. The highest BCUT2D eigenvalue weighted by molar-refractivity contribution is 5.68. The number of ether oxygens (including phenoxy) is 7. The zero-order valence-electron chi connectivity index (χ0n) is 24.7. The van der Waals surface area contributed by atoms with Crippen LogP contribution in [-0.2, 0) is 42.9 Å². The van der Waals surface area contributed by atoms with Crippen LogP contribution >= 0.6 is 0 Å². The van der Waals surface area contributed by atoms with E-state index in [4.69, 9.17) is 33.2 Å². The zero-order chi connectivity index (χ0) is 30.0. The summed E-state index contributed by atoms with van der Waals surface area (Å²) in [4.78, 5) is 47.7. The molecule has 0 radical (unpaired) electrons. The van der Waals surface area contributed by atoms with Crippen molar-refractivity contribution in [3.63, 3.8) is 0 Å². The van der Waals surface area contributed by atoms with E-state index in [1.165, 1.54) is 27.7 Å². The Morgan fingerprint density at radius 3 is 1.95 bits per heavy atom. The molecule has 0 spiro atoms. The molecule has 224 valence electrons. The molecule has 5 atom stereocenters. The van der Waals surface area contributed by atoms with Crippen molar-refractivity contribution < 1.29 is 52.3 Å². The van der Waals surface area contributed by atoms with Crippen LogP contribution in [0.25, 0.3) is 0 Å². The van der Waals surface area contributed by atoms with Gasteiger partial charge in [0.1, 0.15) is 24.2 Å². The van der Waals surface area contributed by atoms with Gasteiger partial charge in [0.05, 0.1) is 6.61 Å². The van der Waals surface area contributed by atoms with E-state index in [1.54, 1.807) is 0 Å². The van der Waals surface area contributed by atoms with Gasteiger partial charge in [-0.05, 0) is 49.9 Å². The van der Waals surface area contributed by atoms with Gasteiger partial charge in [0.15, 0.2) is 12.2 Å². The Balaban J connectivity index is 2.45. The van der Waals surface area contributed by atoms with Crippen molar-refractivity contribution in [2.75, 3.05) is 13.2 Å². The molecule has 0 aromatic heterocycles. The number of aryl methyl sites for hydroxylation is 1. The Kier molecular flexibility index (Phi) is 12.7. The second-order valence-electron chi connectivity index (χ2n) is 9.87. The normalized spacial score (nSPS) is 22.1. The quantitative estimate of drug-likeness (QED) is 0.195. The van der Waals surface area contributed by atoms with E-state index in [9.17, 15) is 19.2 Å². The van der Waals surface area contributed by atoms with Gasteiger partial charge >= 0.3 is 23.9 Å². The summed E-state index contributed by atoms with van der Waals surface area (Å²) in [5, 5.41) is 0. The van der Waals surface area contributed by atoms with Crippen LogP contribution in [0.5, 0.6) is 11.5 Å². The highest BCUT2D eigenvalue weighted by atomic mass is 16.7. The molecule has 1 aromatic rings. The maximum absolute atomic E-state index is 12.1. The lowest BCUT2D eigenvalue weighted by Gasteiger charge is -2.44. The second kappa shape index (κ2) is 15.4. The predicted octanol–water partition coefficient (Wildman–Crippen LogP) is 4.03. The fourth-order valence-electron chi connectivity index (χ4n) is 4.46. The van der Waals surface area contributed by atoms with Crippen LogP contribution in [0.2, 0.25) is 0 Å². The molecule has 11 heteroatoms. The van der Waals surface area contributed by atoms with Gasteiger partial charge in [-0.3, -0.25) is 19.2 Å². The number of benzene rings is 1. The lowest BCUT2D eigenvalue weighted by Crippen LogP contribution is -2.63. The predicted molar refractivity (Wildman–Crippen MR) is 143 cm³/mol. The lowest BCUT2D eigenvalue weighted by atomic mass is 9.97. The smallest absolute Gasteiger partial charge is 0.303 e. The maximum atomic E-state index is 12.1. The average Bonchev–Trinajstić information content (AvgIpc) is 2.85. The topological polar surface area (TPSA) is 133 Å². The molecular formula is C29H42O11. The molecule has 0 N–H and O–H groups in total. The van der Waals surface area contributed by atoms with Crippen LogP contribution in [0, 0.1) is 20.8 Å². The van der Waals surface area contributed by atoms with Crippen LogP contribution in [-0.4, -0.2) is 67.8 Å². The number of carbonyl (C=O) groups is 4. The van der Waals surface area contributed by atoms with Crippen molar-refractivity contribution in [2.45, 2.75) is 112 Å². The molecule has 0 aliphatic carbocycles. The van der Waals surface area contributed by atoms with Crippen molar-refractivity contribution in [2.24, 2.45) is 0 Å². The Morgan fingerprint density at radius 1 is 0.775 bits per heavy atom. The number of rotatable bonds is 13. The van der Waals surface area contributed by atoms with Gasteiger partial charge in [-0.2, -0.15) is 0 Å². The SMILES string of the molecule is CCCCCCOc1cc(C)c(O[C@H]2O[C@H](COC(C)=O)[C@H](OC(C)=O)[C@H](OC(C)=O)[C@H]2OC(C)=O)c(C)c1C. The van der Waals surface area contributed by atoms with E-state index < -0.39 is 54.6 Å². The number of hydrogen-bond acceptors (Lipinski definition) is 11. The third-order valence-corrected chi connectivity index (χ3v) is 6.42. The largest absolute Gasteiger partial charge is 0.493 e. The molecule has 0 bridgehead atoms. The van der Waals surface area contributed by atoms with Crippen molar-refractivity contribution in [1.82, 2.24) is 0 Å². The number of esters is 4. The van der Waals surface area contributed by atoms with E-state index in [0.717, 1.165) is 48.1 Å². The van der Waals surface area contributed by atoms with Crippen LogP contribution in [0.1, 0.15) is 77.0 Å². The van der Waals surface area contributed by atoms with Crippen LogP contribution in [0.3, 0.4) is 0 Å². The molecule has 40 heavy (non-hydrogen) atoms. The maximum Gasteiger partial charge on any atom is 0.303 e. The fraction of sp³-hybridized carbons (Fsp3) is 0.655. The van der Waals surface area contributed by atoms with Gasteiger partial charge in [0, 0.05) is 27.7 Å². The summed E-state index contributed by atoms with van der Waals surface area (Å²) in [7, 11) is 0. The second-order valence-corrected chi connectivity index (χ2v) is 9.87. The summed E-state index contributed by atoms with van der Waals surface area (Å²) < 4.78 is 39.9. The van der Waals surface area contributed by atoms with Gasteiger partial charge in [0.25, 0.3) is 0 Å². The van der Waals surface area contributed by atoms with Crippen LogP contribution in [0.4, 0.5) is 0 Å². The third kappa shape index (κ3) is 9.39. The van der Waals surface area contributed by atoms with E-state index in [0.29, 0.717) is 12.4 Å². The molecule has 1 aliphatic rings. The molecule has 1 aromatic carbocycles. The zero-order valence-corrected chi connectivity index (χ0v) is 24.7. The molecule has 0 amide bonds. The monoisotopic (exact) mass is 566 g/mol. The Morgan fingerprint density at radius 2 is 1.38 bits per heavy atom. The van der Waals surface area contributed by atoms with Gasteiger partial charge in [-0.1, -0.05) is 26.2 Å². The summed E-state index contributed by atoms with van der Waals surface area (Å²) in [6.45, 7) is 12.8. The lowest BCUT2D eigenvalue weighted by molar-refractivity contribution is -0.288. The Labute approximate surface area is 235 Å². The van der Waals surface area contributed by atoms with Crippen LogP contribution in [0.15, 0.2) is 6.07 Å². The molecule has 2 rings (SSSR count). The highest BCUT2D eigenvalue weighted by Gasteiger charge is 2.53. The van der Waals surface area contributed by atoms with Crippen molar-refractivity contribution in [1.29, 1.82) is 0 Å². The first kappa shape index (κ1) is 32.9. The highest BCUT2D eigenvalue weighted by Crippen LogP contribution is 2.37. The first-order valence-electron chi connectivity index (χ1n) is 13.6. The number of carbonyl (C=O) groups excluding carboxylic acids is 4. The summed E-state index contributed by atoms with van der Waals surface area (Å²) in [5.41, 5.74) is 2.37. The first-order valence-corrected chi connectivity index (χ1v) is 13.6. The molecule has 1 heterocycles. The van der Waals surface area contributed by atoms with Gasteiger partial charge < -0.3 is 33.2 Å². The minimum absolute atomic E-state index is 0.334. The molecule has 0 unspecified atom stereocenters. The van der Waals surface area contributed by atoms with Gasteiger partial charge in [-0.15, -0.1) is 0 Å². The van der Waals surface area contributed by atoms with Crippen LogP contribution < -0.4 is 9.47 Å². The summed E-state index contributed by atoms with van der Waals surface area (Å²) in [5.74, 6) is -1.52. The first-order chi connectivity index (χ1) is 18.8. The van der Waals surface area contributed by atoms with E-state index >= 15 is 0 Å². The molecule has 1 fully saturated rings. The number of unbranched alkanes of at least 4 members (excludes halogenated alkanes) is 3. The molecule has 1 saturated heterocycles. The van der Waals surface area contributed by atoms with Crippen molar-refractivity contribution in [3.8, 4) is 11.5 Å². The van der Waals surface area contributed by atoms with E-state index in [2.05, 4.69) is 6.92 Å². The minimum Gasteiger partial charge on any atom is -0.493 e. The van der Waals surface area contributed by atoms with E-state index in [-0.39, 0.29) is 6.61 Å². The van der Waals surface area contributed by atoms with E-state index in [1.807, 2.05) is 26.8 Å². The molecule has 0 saturated carbocycles. The summed E-state index contributed by atoms with van der Waals surface area (Å²) in [6, 6.07) is 1.86. The summed E-state index contributed by atoms with van der Waals surface area (Å²) in [6.07, 6.45) is -1.93. The Hall–Kier alpha value is -3.34. The van der Waals surface area contributed by atoms with Gasteiger partial charge in [-0.25, -0.2) is 0 Å². The van der Waals surface area contributed by atoms with Gasteiger partial charge in [0.2, 0.25) is 12.4 Å². The molecule has 11 nitrogen and oxygen atoms in total. The standard InChI is InChI=1S/C29H42O11/c1-9-10-11-12-13-34-23-14-16(2)25(18(4)17(23)3)40-29-28(38-22(8)33)27(37-21(7)32)26(36-20(6)31)24(39-29)15-35-19(5)30/h14,24,26-29H,9-13,15H2,1-8H3/t24-,26+,27+,28-,29-/m1/s1. The molecular weight excluding hydrogens is 524 g/mol. The third-order valence-electron chi connectivity index (χ3n) is 6.42. The van der Waals surface area contributed by atoms with Crippen molar-refractivity contribution in [3.05, 3.63) is 22.8 Å². The fourth-order valence-corrected chi connectivity index (χ4v) is 4.46. The summed E-state index contributed by atoms with van der Waals surface area (Å²) >= 11 is 0.